The Bertz CT molecular complexity index is 3750. The van der Waals surface area contributed by atoms with E-state index in [1.54, 1.807) is 89.3 Å². The number of para-hydroxylation sites is 2. The molecule has 302 valence electrons. The number of anilines is 2. The molecule has 0 saturated heterocycles. The number of nitro groups is 1. The third-order valence-electron chi connectivity index (χ3n) is 11.3. The number of carbonyl (C=O) groups is 1. The molecule has 10 aromatic rings. The summed E-state index contributed by atoms with van der Waals surface area (Å²) in [5.74, 6) is -0.695. The average Bonchev–Trinajstić information content (AvgIpc) is 3.83. The minimum atomic E-state index is -0.519. The van der Waals surface area contributed by atoms with Crippen LogP contribution in [0, 0.1) is 10.1 Å². The Kier molecular flexibility index (Phi) is 8.28. The van der Waals surface area contributed by atoms with Crippen molar-refractivity contribution in [3.8, 4) is 22.6 Å². The summed E-state index contributed by atoms with van der Waals surface area (Å²) in [5, 5.41) is 57.0. The van der Waals surface area contributed by atoms with Crippen LogP contribution in [0.15, 0.2) is 165 Å². The zero-order valence-electron chi connectivity index (χ0n) is 32.8. The van der Waals surface area contributed by atoms with E-state index >= 15 is 0 Å². The van der Waals surface area contributed by atoms with Gasteiger partial charge in [0.15, 0.2) is 11.5 Å². The molecule has 0 saturated carbocycles. The number of non-ortho nitro benzene ring substituents is 1. The summed E-state index contributed by atoms with van der Waals surface area (Å²) >= 11 is 0. The lowest BCUT2D eigenvalue weighted by molar-refractivity contribution is -0.384. The summed E-state index contributed by atoms with van der Waals surface area (Å²) < 4.78 is 1.56. The van der Waals surface area contributed by atoms with Crippen molar-refractivity contribution in [1.82, 2.24) is 9.38 Å². The van der Waals surface area contributed by atoms with Gasteiger partial charge in [0.05, 0.1) is 40.1 Å². The van der Waals surface area contributed by atoms with Crippen LogP contribution in [0.3, 0.4) is 0 Å². The molecule has 0 spiro atoms. The number of phenols is 2. The van der Waals surface area contributed by atoms with Crippen LogP contribution in [0.2, 0.25) is 0 Å². The van der Waals surface area contributed by atoms with Crippen molar-refractivity contribution < 1.29 is 24.8 Å². The van der Waals surface area contributed by atoms with Gasteiger partial charge in [0.25, 0.3) is 11.2 Å². The molecule has 0 atom stereocenters. The standard InChI is InChI=1S/C48H28N8O7/c1-63-55(28-9-6-10-29(23-28)56(61)62)40-20-25-8-2-3-11-30(25)44(46(40)59)53-51-27-17-19-32-31-18-16-26(21-35(31)45(58)36(32)22-27)50-52-43-33-12-7-13-34-42(33)37(24-41(43)57)47-49-38-14-4-5-15-39(38)54(47)48(34)60/h2-24,57,59H,1H3. The highest BCUT2D eigenvalue weighted by Crippen LogP contribution is 2.47. The Balaban J connectivity index is 0.916. The highest BCUT2D eigenvalue weighted by molar-refractivity contribution is 6.22. The molecule has 0 radical (unpaired) electrons. The summed E-state index contributed by atoms with van der Waals surface area (Å²) in [7, 11) is 1.38. The van der Waals surface area contributed by atoms with Crippen molar-refractivity contribution in [2.24, 2.45) is 20.5 Å². The van der Waals surface area contributed by atoms with Gasteiger partial charge in [-0.25, -0.2) is 10.0 Å². The van der Waals surface area contributed by atoms with E-state index < -0.39 is 4.92 Å². The number of rotatable bonds is 8. The number of ketones is 1. The molecule has 1 aliphatic carbocycles. The van der Waals surface area contributed by atoms with E-state index in [1.807, 2.05) is 36.4 Å². The third kappa shape index (κ3) is 5.75. The fourth-order valence-corrected chi connectivity index (χ4v) is 8.48. The van der Waals surface area contributed by atoms with E-state index in [0.29, 0.717) is 88.3 Å². The molecule has 63 heavy (non-hydrogen) atoms. The Morgan fingerprint density at radius 3 is 2.08 bits per heavy atom. The third-order valence-corrected chi connectivity index (χ3v) is 11.3. The monoisotopic (exact) mass is 828 g/mol. The topological polar surface area (TPSA) is 197 Å². The number of benzene rings is 8. The Hall–Kier alpha value is -8.95. The molecular weight excluding hydrogens is 801 g/mol. The normalized spacial score (nSPS) is 12.5. The number of carbonyl (C=O) groups excluding carboxylic acids is 1. The highest BCUT2D eigenvalue weighted by atomic mass is 16.7. The van der Waals surface area contributed by atoms with Crippen molar-refractivity contribution in [1.29, 1.82) is 0 Å². The predicted molar refractivity (Wildman–Crippen MR) is 238 cm³/mol. The lowest BCUT2D eigenvalue weighted by Gasteiger charge is -2.23. The molecular formula is C48H28N8O7. The minimum absolute atomic E-state index is 0.119. The van der Waals surface area contributed by atoms with E-state index in [2.05, 4.69) is 20.5 Å². The molecule has 2 N–H and O–H groups in total. The first-order valence-electron chi connectivity index (χ1n) is 19.5. The molecule has 15 heteroatoms. The Morgan fingerprint density at radius 2 is 1.33 bits per heavy atom. The summed E-state index contributed by atoms with van der Waals surface area (Å²) in [6.07, 6.45) is 0. The van der Waals surface area contributed by atoms with Gasteiger partial charge in [-0.05, 0) is 77.2 Å². The number of fused-ring (bicyclic) bond motifs is 8. The van der Waals surface area contributed by atoms with Crippen LogP contribution in [0.25, 0.3) is 60.1 Å². The second-order valence-electron chi connectivity index (χ2n) is 14.8. The zero-order chi connectivity index (χ0) is 43.1. The fraction of sp³-hybridized carbons (Fsp3) is 0.0208. The zero-order valence-corrected chi connectivity index (χ0v) is 32.8. The van der Waals surface area contributed by atoms with Gasteiger partial charge in [0.1, 0.15) is 28.5 Å². The van der Waals surface area contributed by atoms with Gasteiger partial charge in [0, 0.05) is 50.2 Å². The minimum Gasteiger partial charge on any atom is -0.506 e. The SMILES string of the molecule is CON(c1cccc([N+](=O)[O-])c1)c1cc2ccccc2c(N=Nc2ccc3c(c2)C(=O)c2cc(N=Nc4c(O)cc5c6c4cccc6c(=O)n4c6ccccc6nc54)ccc2-3)c1O. The van der Waals surface area contributed by atoms with Crippen molar-refractivity contribution in [3.05, 3.63) is 171 Å². The lowest BCUT2D eigenvalue weighted by atomic mass is 10.0. The predicted octanol–water partition coefficient (Wildman–Crippen LogP) is 11.8. The summed E-state index contributed by atoms with van der Waals surface area (Å²) in [4.78, 5) is 49.1. The highest BCUT2D eigenvalue weighted by Gasteiger charge is 2.28. The summed E-state index contributed by atoms with van der Waals surface area (Å²) in [6, 6.07) is 39.2. The van der Waals surface area contributed by atoms with Crippen molar-refractivity contribution >= 4 is 94.6 Å². The number of nitrogens with zero attached hydrogens (tertiary/aromatic N) is 8. The molecule has 0 fully saturated rings. The molecule has 8 aromatic carbocycles. The average molecular weight is 829 g/mol. The van der Waals surface area contributed by atoms with Crippen molar-refractivity contribution in [3.63, 3.8) is 0 Å². The van der Waals surface area contributed by atoms with Crippen LogP contribution in [0.1, 0.15) is 15.9 Å². The van der Waals surface area contributed by atoms with E-state index in [9.17, 15) is 29.9 Å². The smallest absolute Gasteiger partial charge is 0.271 e. The largest absolute Gasteiger partial charge is 0.506 e. The molecule has 2 aromatic heterocycles. The molecule has 2 heterocycles. The maximum atomic E-state index is 13.9. The number of pyridine rings is 1. The quantitative estimate of drug-likeness (QED) is 0.0850. The van der Waals surface area contributed by atoms with Crippen molar-refractivity contribution in [2.45, 2.75) is 0 Å². The van der Waals surface area contributed by atoms with E-state index in [4.69, 9.17) is 9.82 Å². The number of imidazole rings is 1. The van der Waals surface area contributed by atoms with Crippen molar-refractivity contribution in [2.75, 3.05) is 12.2 Å². The van der Waals surface area contributed by atoms with E-state index in [-0.39, 0.29) is 45.6 Å². The number of phenolic OH excluding ortho intramolecular Hbond substituents is 2. The molecule has 0 unspecified atom stereocenters. The van der Waals surface area contributed by atoms with Crippen LogP contribution in [0.5, 0.6) is 11.5 Å². The lowest BCUT2D eigenvalue weighted by Crippen LogP contribution is -2.15. The first-order valence-corrected chi connectivity index (χ1v) is 19.5. The van der Waals surface area contributed by atoms with Crippen LogP contribution >= 0.6 is 0 Å². The van der Waals surface area contributed by atoms with Crippen LogP contribution in [-0.2, 0) is 4.84 Å². The van der Waals surface area contributed by atoms with Gasteiger partial charge in [0.2, 0.25) is 0 Å². The molecule has 0 bridgehead atoms. The fourth-order valence-electron chi connectivity index (χ4n) is 8.48. The molecule has 0 amide bonds. The first-order chi connectivity index (χ1) is 30.7. The maximum Gasteiger partial charge on any atom is 0.271 e. The molecule has 11 rings (SSSR count). The second-order valence-corrected chi connectivity index (χ2v) is 14.8. The van der Waals surface area contributed by atoms with Gasteiger partial charge >= 0.3 is 0 Å². The van der Waals surface area contributed by atoms with Crippen LogP contribution in [0.4, 0.5) is 39.8 Å². The number of hydrogen-bond donors (Lipinski definition) is 2. The van der Waals surface area contributed by atoms with E-state index in [0.717, 1.165) is 0 Å². The molecule has 0 aliphatic heterocycles. The van der Waals surface area contributed by atoms with Gasteiger partial charge < -0.3 is 10.2 Å². The number of aromatic hydroxyl groups is 2. The van der Waals surface area contributed by atoms with Crippen LogP contribution < -0.4 is 10.6 Å². The number of nitro benzene ring substituents is 1. The molecule has 15 nitrogen and oxygen atoms in total. The first kappa shape index (κ1) is 37.1. The number of aromatic nitrogens is 2. The summed E-state index contributed by atoms with van der Waals surface area (Å²) in [5.41, 5.74) is 5.03. The summed E-state index contributed by atoms with van der Waals surface area (Å²) in [6.45, 7) is 0. The number of azo groups is 2. The Labute approximate surface area is 354 Å². The van der Waals surface area contributed by atoms with Crippen LogP contribution in [-0.4, -0.2) is 37.4 Å². The number of hydrogen-bond acceptors (Lipinski definition) is 13. The van der Waals surface area contributed by atoms with Gasteiger partial charge in [-0.1, -0.05) is 66.7 Å². The Morgan fingerprint density at radius 1 is 0.667 bits per heavy atom. The molecule has 1 aliphatic rings. The van der Waals surface area contributed by atoms with Gasteiger partial charge in [-0.3, -0.25) is 28.9 Å². The van der Waals surface area contributed by atoms with E-state index in [1.165, 1.54) is 30.4 Å². The maximum absolute atomic E-state index is 13.9. The van der Waals surface area contributed by atoms with Gasteiger partial charge in [-0.2, -0.15) is 10.2 Å². The van der Waals surface area contributed by atoms with Gasteiger partial charge in [-0.15, -0.1) is 10.2 Å². The second kappa shape index (κ2) is 14.1.